The van der Waals surface area contributed by atoms with E-state index in [1.54, 1.807) is 24.7 Å². The molecule has 1 amide bonds. The first kappa shape index (κ1) is 14.9. The molecule has 22 heavy (non-hydrogen) atoms. The molecule has 1 N–H and O–H groups in total. The molecule has 2 atom stereocenters. The van der Waals surface area contributed by atoms with Gasteiger partial charge in [0.05, 0.1) is 16.6 Å². The number of pyridine rings is 2. The van der Waals surface area contributed by atoms with Crippen molar-refractivity contribution < 1.29 is 9.53 Å². The summed E-state index contributed by atoms with van der Waals surface area (Å²) in [6.07, 6.45) is 8.09. The highest BCUT2D eigenvalue weighted by atomic mass is 35.5. The van der Waals surface area contributed by atoms with Crippen LogP contribution in [0.1, 0.15) is 34.9 Å². The first-order valence-corrected chi connectivity index (χ1v) is 7.55. The number of amides is 1. The van der Waals surface area contributed by atoms with E-state index in [4.69, 9.17) is 16.3 Å². The zero-order valence-electron chi connectivity index (χ0n) is 11.9. The molecule has 3 rings (SSSR count). The summed E-state index contributed by atoms with van der Waals surface area (Å²) in [6, 6.07) is 5.35. The van der Waals surface area contributed by atoms with Gasteiger partial charge in [0.2, 0.25) is 0 Å². The third-order valence-corrected chi connectivity index (χ3v) is 3.99. The van der Waals surface area contributed by atoms with Gasteiger partial charge in [0.1, 0.15) is 6.10 Å². The Hall–Kier alpha value is -1.98. The summed E-state index contributed by atoms with van der Waals surface area (Å²) in [5.41, 5.74) is 1.44. The van der Waals surface area contributed by atoms with Gasteiger partial charge in [0.25, 0.3) is 5.91 Å². The minimum atomic E-state index is -0.207. The number of aromatic nitrogens is 2. The summed E-state index contributed by atoms with van der Waals surface area (Å²) < 4.78 is 5.86. The summed E-state index contributed by atoms with van der Waals surface area (Å²) >= 11 is 6.03. The number of hydrogen-bond donors (Lipinski definition) is 1. The highest BCUT2D eigenvalue weighted by molar-refractivity contribution is 6.33. The van der Waals surface area contributed by atoms with Crippen LogP contribution in [-0.2, 0) is 4.74 Å². The summed E-state index contributed by atoms with van der Waals surface area (Å²) in [7, 11) is 0. The number of hydrogen-bond acceptors (Lipinski definition) is 4. The second-order valence-corrected chi connectivity index (χ2v) is 5.56. The van der Waals surface area contributed by atoms with Crippen molar-refractivity contribution >= 4 is 17.5 Å². The van der Waals surface area contributed by atoms with Crippen molar-refractivity contribution in [2.24, 2.45) is 0 Å². The second kappa shape index (κ2) is 6.85. The van der Waals surface area contributed by atoms with Gasteiger partial charge in [-0.05, 0) is 36.6 Å². The Labute approximate surface area is 133 Å². The highest BCUT2D eigenvalue weighted by Crippen LogP contribution is 2.28. The minimum absolute atomic E-state index is 0.0899. The van der Waals surface area contributed by atoms with Crippen molar-refractivity contribution in [3.05, 3.63) is 59.1 Å². The van der Waals surface area contributed by atoms with E-state index >= 15 is 0 Å². The maximum absolute atomic E-state index is 12.4. The number of nitrogens with zero attached hydrogens (tertiary/aromatic N) is 2. The number of nitrogens with one attached hydrogen (secondary N) is 1. The lowest BCUT2D eigenvalue weighted by molar-refractivity contribution is -0.00950. The average Bonchev–Trinajstić information content (AvgIpc) is 2.56. The Balaban J connectivity index is 1.77. The standard InChI is InChI=1S/C16H16ClN3O2/c17-13-10-19-8-5-12(13)16(21)20-14-2-1-9-22-15(14)11-3-6-18-7-4-11/h3-8,10,14-15H,1-2,9H2,(H,20,21)/t14-,15+/m0/s1. The van der Waals surface area contributed by atoms with Crippen LogP contribution in [-0.4, -0.2) is 28.5 Å². The van der Waals surface area contributed by atoms with Crippen LogP contribution >= 0.6 is 11.6 Å². The van der Waals surface area contributed by atoms with Gasteiger partial charge >= 0.3 is 0 Å². The number of ether oxygens (including phenoxy) is 1. The Morgan fingerprint density at radius 3 is 2.77 bits per heavy atom. The molecule has 0 unspecified atom stereocenters. The predicted molar refractivity (Wildman–Crippen MR) is 82.7 cm³/mol. The lowest BCUT2D eigenvalue weighted by Gasteiger charge is -2.32. The van der Waals surface area contributed by atoms with E-state index in [-0.39, 0.29) is 18.1 Å². The van der Waals surface area contributed by atoms with Crippen LogP contribution in [0.3, 0.4) is 0 Å². The van der Waals surface area contributed by atoms with E-state index in [0.717, 1.165) is 18.4 Å². The molecule has 0 bridgehead atoms. The smallest absolute Gasteiger partial charge is 0.253 e. The molecule has 1 saturated heterocycles. The van der Waals surface area contributed by atoms with Crippen LogP contribution in [0.2, 0.25) is 5.02 Å². The zero-order valence-corrected chi connectivity index (χ0v) is 12.7. The molecule has 5 nitrogen and oxygen atoms in total. The molecule has 0 spiro atoms. The topological polar surface area (TPSA) is 64.1 Å². The molecule has 2 aromatic heterocycles. The van der Waals surface area contributed by atoms with E-state index < -0.39 is 0 Å². The third kappa shape index (κ3) is 3.26. The van der Waals surface area contributed by atoms with Gasteiger partial charge in [-0.25, -0.2) is 0 Å². The van der Waals surface area contributed by atoms with E-state index in [9.17, 15) is 4.79 Å². The summed E-state index contributed by atoms with van der Waals surface area (Å²) in [5.74, 6) is -0.207. The Bertz CT molecular complexity index is 651. The maximum Gasteiger partial charge on any atom is 0.253 e. The van der Waals surface area contributed by atoms with E-state index in [1.807, 2.05) is 12.1 Å². The highest BCUT2D eigenvalue weighted by Gasteiger charge is 2.29. The van der Waals surface area contributed by atoms with E-state index in [0.29, 0.717) is 17.2 Å². The van der Waals surface area contributed by atoms with Crippen molar-refractivity contribution in [3.8, 4) is 0 Å². The van der Waals surface area contributed by atoms with Crippen molar-refractivity contribution in [1.82, 2.24) is 15.3 Å². The Morgan fingerprint density at radius 2 is 2.00 bits per heavy atom. The Morgan fingerprint density at radius 1 is 1.23 bits per heavy atom. The molecular formula is C16H16ClN3O2. The summed E-state index contributed by atoms with van der Waals surface area (Å²) in [5, 5.41) is 3.37. The van der Waals surface area contributed by atoms with Crippen LogP contribution in [0.25, 0.3) is 0 Å². The number of rotatable bonds is 3. The number of halogens is 1. The summed E-state index contributed by atoms with van der Waals surface area (Å²) in [6.45, 7) is 0.690. The fraction of sp³-hybridized carbons (Fsp3) is 0.312. The van der Waals surface area contributed by atoms with Gasteiger partial charge in [-0.2, -0.15) is 0 Å². The van der Waals surface area contributed by atoms with Gasteiger partial charge in [0.15, 0.2) is 0 Å². The molecular weight excluding hydrogens is 302 g/mol. The lowest BCUT2D eigenvalue weighted by Crippen LogP contribution is -2.42. The molecule has 0 saturated carbocycles. The summed E-state index contributed by atoms with van der Waals surface area (Å²) in [4.78, 5) is 20.3. The fourth-order valence-corrected chi connectivity index (χ4v) is 2.82. The van der Waals surface area contributed by atoms with Crippen molar-refractivity contribution in [3.63, 3.8) is 0 Å². The molecule has 1 aliphatic heterocycles. The van der Waals surface area contributed by atoms with Gasteiger partial charge in [-0.3, -0.25) is 14.8 Å². The predicted octanol–water partition coefficient (Wildman–Crippen LogP) is 2.78. The van der Waals surface area contributed by atoms with Crippen LogP contribution in [0.5, 0.6) is 0 Å². The van der Waals surface area contributed by atoms with Gasteiger partial charge in [-0.15, -0.1) is 0 Å². The molecule has 1 aliphatic rings. The molecule has 0 radical (unpaired) electrons. The molecule has 2 aromatic rings. The first-order chi connectivity index (χ1) is 10.8. The Kier molecular flexibility index (Phi) is 4.65. The van der Waals surface area contributed by atoms with E-state index in [1.165, 1.54) is 6.20 Å². The van der Waals surface area contributed by atoms with Crippen LogP contribution in [0.4, 0.5) is 0 Å². The van der Waals surface area contributed by atoms with Gasteiger partial charge in [0, 0.05) is 31.4 Å². The maximum atomic E-state index is 12.4. The van der Waals surface area contributed by atoms with Gasteiger partial charge < -0.3 is 10.1 Å². The van der Waals surface area contributed by atoms with E-state index in [2.05, 4.69) is 15.3 Å². The number of carbonyl (C=O) groups is 1. The molecule has 0 aromatic carbocycles. The molecule has 3 heterocycles. The zero-order chi connectivity index (χ0) is 15.4. The average molecular weight is 318 g/mol. The molecule has 6 heteroatoms. The van der Waals surface area contributed by atoms with Gasteiger partial charge in [-0.1, -0.05) is 11.6 Å². The second-order valence-electron chi connectivity index (χ2n) is 5.15. The fourth-order valence-electron chi connectivity index (χ4n) is 2.62. The largest absolute Gasteiger partial charge is 0.371 e. The first-order valence-electron chi connectivity index (χ1n) is 7.17. The normalized spacial score (nSPS) is 21.3. The quantitative estimate of drug-likeness (QED) is 0.945. The monoisotopic (exact) mass is 317 g/mol. The number of carbonyl (C=O) groups excluding carboxylic acids is 1. The molecule has 114 valence electrons. The van der Waals surface area contributed by atoms with Crippen LogP contribution in [0, 0.1) is 0 Å². The lowest BCUT2D eigenvalue weighted by atomic mass is 9.96. The SMILES string of the molecule is O=C(N[C@H]1CCCO[C@@H]1c1ccncc1)c1ccncc1Cl. The molecule has 0 aliphatic carbocycles. The van der Waals surface area contributed by atoms with Crippen molar-refractivity contribution in [2.45, 2.75) is 25.0 Å². The van der Waals surface area contributed by atoms with Crippen molar-refractivity contribution in [1.29, 1.82) is 0 Å². The van der Waals surface area contributed by atoms with Crippen molar-refractivity contribution in [2.75, 3.05) is 6.61 Å². The van der Waals surface area contributed by atoms with Crippen LogP contribution < -0.4 is 5.32 Å². The third-order valence-electron chi connectivity index (χ3n) is 3.69. The molecule has 1 fully saturated rings. The van der Waals surface area contributed by atoms with Crippen LogP contribution in [0.15, 0.2) is 43.0 Å². The minimum Gasteiger partial charge on any atom is -0.371 e.